The molecule has 4 nitrogen and oxygen atoms in total. The number of nitrogens with one attached hydrogen (secondary N) is 1. The summed E-state index contributed by atoms with van der Waals surface area (Å²) >= 11 is 0. The molecule has 0 bridgehead atoms. The molecule has 2 aromatic rings. The topological polar surface area (TPSA) is 51.5 Å². The Morgan fingerprint density at radius 3 is 2.88 bits per heavy atom. The van der Waals surface area contributed by atoms with Crippen molar-refractivity contribution in [3.8, 4) is 0 Å². The molecule has 1 aromatic carbocycles. The molecule has 17 heavy (non-hydrogen) atoms. The van der Waals surface area contributed by atoms with Crippen molar-refractivity contribution in [1.29, 1.82) is 0 Å². The molecule has 1 heterocycles. The number of aryl methyl sites for hydroxylation is 1. The number of hydrogen-bond donors (Lipinski definition) is 1. The molecule has 2 rings (SSSR count). The van der Waals surface area contributed by atoms with Crippen LogP contribution in [0.1, 0.15) is 16.1 Å². The standard InChI is InChI=1S/C13H15NO3/c1-9-10-5-3-4-6-11(10)17-12(9)13(15)14-7-8-16-2/h3-6H,7-8H2,1-2H3,(H,14,15). The number of hydrogen-bond acceptors (Lipinski definition) is 3. The first-order chi connectivity index (χ1) is 8.24. The quantitative estimate of drug-likeness (QED) is 0.823. The molecule has 1 N–H and O–H groups in total. The Labute approximate surface area is 99.6 Å². The molecule has 0 spiro atoms. The van der Waals surface area contributed by atoms with Gasteiger partial charge in [0.2, 0.25) is 0 Å². The molecule has 0 aliphatic heterocycles. The number of rotatable bonds is 4. The van der Waals surface area contributed by atoms with Crippen molar-refractivity contribution < 1.29 is 13.9 Å². The summed E-state index contributed by atoms with van der Waals surface area (Å²) < 4.78 is 10.4. The van der Waals surface area contributed by atoms with Crippen LogP contribution in [0.2, 0.25) is 0 Å². The summed E-state index contributed by atoms with van der Waals surface area (Å²) in [6.07, 6.45) is 0. The summed E-state index contributed by atoms with van der Waals surface area (Å²) in [5.41, 5.74) is 1.61. The summed E-state index contributed by atoms with van der Waals surface area (Å²) in [4.78, 5) is 11.8. The minimum absolute atomic E-state index is 0.198. The minimum atomic E-state index is -0.198. The number of carbonyl (C=O) groups excluding carboxylic acids is 1. The summed E-state index contributed by atoms with van der Waals surface area (Å²) in [5, 5.41) is 3.72. The van der Waals surface area contributed by atoms with Crippen LogP contribution in [0.25, 0.3) is 11.0 Å². The molecule has 0 fully saturated rings. The highest BCUT2D eigenvalue weighted by atomic mass is 16.5. The Morgan fingerprint density at radius 1 is 1.41 bits per heavy atom. The molecular formula is C13H15NO3. The molecule has 0 aliphatic carbocycles. The van der Waals surface area contributed by atoms with Gasteiger partial charge in [-0.2, -0.15) is 0 Å². The van der Waals surface area contributed by atoms with Crippen molar-refractivity contribution in [2.45, 2.75) is 6.92 Å². The molecule has 4 heteroatoms. The van der Waals surface area contributed by atoms with Gasteiger partial charge in [0, 0.05) is 24.6 Å². The predicted octanol–water partition coefficient (Wildman–Crippen LogP) is 2.12. The maximum absolute atomic E-state index is 11.8. The molecular weight excluding hydrogens is 218 g/mol. The lowest BCUT2D eigenvalue weighted by Crippen LogP contribution is -2.27. The normalized spacial score (nSPS) is 10.7. The number of fused-ring (bicyclic) bond motifs is 1. The zero-order valence-corrected chi connectivity index (χ0v) is 9.95. The van der Waals surface area contributed by atoms with Gasteiger partial charge in [-0.25, -0.2) is 0 Å². The number of para-hydroxylation sites is 1. The lowest BCUT2D eigenvalue weighted by molar-refractivity contribution is 0.0911. The van der Waals surface area contributed by atoms with Crippen LogP contribution < -0.4 is 5.32 Å². The fraction of sp³-hybridized carbons (Fsp3) is 0.308. The molecule has 0 unspecified atom stereocenters. The SMILES string of the molecule is COCCNC(=O)c1oc2ccccc2c1C. The van der Waals surface area contributed by atoms with Crippen LogP contribution in [-0.4, -0.2) is 26.2 Å². The Morgan fingerprint density at radius 2 is 2.18 bits per heavy atom. The third-order valence-corrected chi connectivity index (χ3v) is 2.64. The summed E-state index contributed by atoms with van der Waals surface area (Å²) in [7, 11) is 1.60. The van der Waals surface area contributed by atoms with Crippen molar-refractivity contribution in [1.82, 2.24) is 5.32 Å². The monoisotopic (exact) mass is 233 g/mol. The van der Waals surface area contributed by atoms with E-state index in [1.807, 2.05) is 31.2 Å². The van der Waals surface area contributed by atoms with E-state index in [0.29, 0.717) is 18.9 Å². The van der Waals surface area contributed by atoms with Gasteiger partial charge in [0.05, 0.1) is 6.61 Å². The number of furan rings is 1. The van der Waals surface area contributed by atoms with E-state index in [4.69, 9.17) is 9.15 Å². The summed E-state index contributed by atoms with van der Waals surface area (Å²) in [6, 6.07) is 7.61. The van der Waals surface area contributed by atoms with Gasteiger partial charge in [-0.1, -0.05) is 18.2 Å². The van der Waals surface area contributed by atoms with Crippen molar-refractivity contribution in [2.24, 2.45) is 0 Å². The van der Waals surface area contributed by atoms with E-state index in [2.05, 4.69) is 5.32 Å². The molecule has 0 atom stereocenters. The zero-order valence-electron chi connectivity index (χ0n) is 9.95. The highest BCUT2D eigenvalue weighted by Crippen LogP contribution is 2.24. The van der Waals surface area contributed by atoms with Crippen LogP contribution in [0.4, 0.5) is 0 Å². The number of ether oxygens (including phenoxy) is 1. The van der Waals surface area contributed by atoms with Crippen LogP contribution >= 0.6 is 0 Å². The van der Waals surface area contributed by atoms with Gasteiger partial charge in [0.1, 0.15) is 5.58 Å². The average Bonchev–Trinajstić information content (AvgIpc) is 2.68. The van der Waals surface area contributed by atoms with E-state index in [1.165, 1.54) is 0 Å². The summed E-state index contributed by atoms with van der Waals surface area (Å²) in [5.74, 6) is 0.179. The minimum Gasteiger partial charge on any atom is -0.451 e. The molecule has 0 saturated heterocycles. The zero-order chi connectivity index (χ0) is 12.3. The van der Waals surface area contributed by atoms with Crippen molar-refractivity contribution in [2.75, 3.05) is 20.3 Å². The van der Waals surface area contributed by atoms with Gasteiger partial charge in [-0.05, 0) is 13.0 Å². The van der Waals surface area contributed by atoms with Crippen LogP contribution in [0.3, 0.4) is 0 Å². The van der Waals surface area contributed by atoms with Gasteiger partial charge in [-0.15, -0.1) is 0 Å². The van der Waals surface area contributed by atoms with Gasteiger partial charge in [-0.3, -0.25) is 4.79 Å². The second kappa shape index (κ2) is 5.01. The Balaban J connectivity index is 2.23. The molecule has 0 aliphatic rings. The first-order valence-corrected chi connectivity index (χ1v) is 5.49. The fourth-order valence-electron chi connectivity index (χ4n) is 1.74. The van der Waals surface area contributed by atoms with E-state index in [9.17, 15) is 4.79 Å². The fourth-order valence-corrected chi connectivity index (χ4v) is 1.74. The van der Waals surface area contributed by atoms with Gasteiger partial charge in [0.25, 0.3) is 5.91 Å². The second-order valence-electron chi connectivity index (χ2n) is 3.80. The van der Waals surface area contributed by atoms with Crippen LogP contribution in [0, 0.1) is 6.92 Å². The average molecular weight is 233 g/mol. The third-order valence-electron chi connectivity index (χ3n) is 2.64. The Hall–Kier alpha value is -1.81. The number of amides is 1. The lowest BCUT2D eigenvalue weighted by atomic mass is 10.1. The number of methoxy groups -OCH3 is 1. The lowest BCUT2D eigenvalue weighted by Gasteiger charge is -2.02. The highest BCUT2D eigenvalue weighted by Gasteiger charge is 2.16. The van der Waals surface area contributed by atoms with Crippen molar-refractivity contribution >= 4 is 16.9 Å². The number of carbonyl (C=O) groups is 1. The van der Waals surface area contributed by atoms with Crippen molar-refractivity contribution in [3.63, 3.8) is 0 Å². The Kier molecular flexibility index (Phi) is 3.44. The third kappa shape index (κ3) is 2.31. The van der Waals surface area contributed by atoms with Gasteiger partial charge >= 0.3 is 0 Å². The van der Waals surface area contributed by atoms with Gasteiger partial charge in [0.15, 0.2) is 5.76 Å². The molecule has 1 amide bonds. The Bertz CT molecular complexity index is 530. The highest BCUT2D eigenvalue weighted by molar-refractivity contribution is 5.98. The maximum atomic E-state index is 11.8. The first kappa shape index (κ1) is 11.7. The molecule has 0 radical (unpaired) electrons. The van der Waals surface area contributed by atoms with Crippen LogP contribution in [0.5, 0.6) is 0 Å². The summed E-state index contributed by atoms with van der Waals surface area (Å²) in [6.45, 7) is 2.86. The smallest absolute Gasteiger partial charge is 0.287 e. The molecule has 90 valence electrons. The number of benzene rings is 1. The first-order valence-electron chi connectivity index (χ1n) is 5.49. The van der Waals surface area contributed by atoms with E-state index >= 15 is 0 Å². The second-order valence-corrected chi connectivity index (χ2v) is 3.80. The van der Waals surface area contributed by atoms with E-state index in [-0.39, 0.29) is 5.91 Å². The van der Waals surface area contributed by atoms with E-state index in [1.54, 1.807) is 7.11 Å². The maximum Gasteiger partial charge on any atom is 0.287 e. The van der Waals surface area contributed by atoms with Crippen LogP contribution in [0.15, 0.2) is 28.7 Å². The van der Waals surface area contributed by atoms with Crippen LogP contribution in [-0.2, 0) is 4.74 Å². The van der Waals surface area contributed by atoms with E-state index in [0.717, 1.165) is 16.5 Å². The largest absolute Gasteiger partial charge is 0.451 e. The van der Waals surface area contributed by atoms with Gasteiger partial charge < -0.3 is 14.5 Å². The van der Waals surface area contributed by atoms with Crippen molar-refractivity contribution in [3.05, 3.63) is 35.6 Å². The van der Waals surface area contributed by atoms with E-state index < -0.39 is 0 Å². The molecule has 1 aromatic heterocycles. The molecule has 0 saturated carbocycles. The predicted molar refractivity (Wildman–Crippen MR) is 65.2 cm³/mol.